The maximum atomic E-state index is 5.87. The monoisotopic (exact) mass is 284 g/mol. The molecule has 1 aromatic heterocycles. The Hall–Kier alpha value is -2.10. The summed E-state index contributed by atoms with van der Waals surface area (Å²) in [4.78, 5) is 11.3. The summed E-state index contributed by atoms with van der Waals surface area (Å²) in [5, 5.41) is 0. The minimum atomic E-state index is 0.352. The number of rotatable bonds is 5. The molecule has 1 heterocycles. The number of hydrogen-bond donors (Lipinski definition) is 1. The van der Waals surface area contributed by atoms with E-state index in [4.69, 9.17) is 5.73 Å². The Bertz CT molecular complexity index is 607. The zero-order valence-electron chi connectivity index (χ0n) is 13.3. The zero-order valence-corrected chi connectivity index (χ0v) is 13.3. The van der Waals surface area contributed by atoms with Crippen molar-refractivity contribution in [1.29, 1.82) is 0 Å². The summed E-state index contributed by atoms with van der Waals surface area (Å²) in [5.74, 6) is 1.80. The number of nitrogens with two attached hydrogens (primary N) is 1. The summed E-state index contributed by atoms with van der Waals surface area (Å²) in [6, 6.07) is 10.5. The van der Waals surface area contributed by atoms with Gasteiger partial charge in [-0.3, -0.25) is 0 Å². The van der Waals surface area contributed by atoms with Crippen molar-refractivity contribution in [2.24, 2.45) is 0 Å². The molecule has 2 rings (SSSR count). The average Bonchev–Trinajstić information content (AvgIpc) is 2.43. The molecule has 0 saturated heterocycles. The van der Waals surface area contributed by atoms with Gasteiger partial charge >= 0.3 is 0 Å². The second-order valence-electron chi connectivity index (χ2n) is 5.58. The van der Waals surface area contributed by atoms with E-state index in [9.17, 15) is 0 Å². The van der Waals surface area contributed by atoms with Gasteiger partial charge < -0.3 is 10.6 Å². The highest BCUT2D eigenvalue weighted by Gasteiger charge is 2.14. The molecule has 0 aliphatic rings. The predicted molar refractivity (Wildman–Crippen MR) is 88.3 cm³/mol. The van der Waals surface area contributed by atoms with Crippen LogP contribution in [0.5, 0.6) is 0 Å². The maximum Gasteiger partial charge on any atom is 0.133 e. The van der Waals surface area contributed by atoms with E-state index >= 15 is 0 Å². The minimum absolute atomic E-state index is 0.352. The molecule has 0 aliphatic carbocycles. The van der Waals surface area contributed by atoms with Gasteiger partial charge in [0.1, 0.15) is 11.6 Å². The second-order valence-corrected chi connectivity index (χ2v) is 5.58. The zero-order chi connectivity index (χ0) is 15.4. The van der Waals surface area contributed by atoms with Crippen LogP contribution in [0.3, 0.4) is 0 Å². The SMILES string of the molecule is CCc1cc(N(Cc2cccc(N)c2)C(C)C)nc(C)n1. The van der Waals surface area contributed by atoms with Crippen molar-refractivity contribution in [3.63, 3.8) is 0 Å². The quantitative estimate of drug-likeness (QED) is 0.856. The summed E-state index contributed by atoms with van der Waals surface area (Å²) in [6.45, 7) is 9.21. The van der Waals surface area contributed by atoms with E-state index in [1.165, 1.54) is 5.56 Å². The Morgan fingerprint density at radius 1 is 1.19 bits per heavy atom. The van der Waals surface area contributed by atoms with Crippen LogP contribution in [0.25, 0.3) is 0 Å². The van der Waals surface area contributed by atoms with Crippen LogP contribution in [-0.2, 0) is 13.0 Å². The molecule has 0 fully saturated rings. The Labute approximate surface area is 127 Å². The van der Waals surface area contributed by atoms with Crippen LogP contribution < -0.4 is 10.6 Å². The lowest BCUT2D eigenvalue weighted by molar-refractivity contribution is 0.668. The third-order valence-corrected chi connectivity index (χ3v) is 3.46. The van der Waals surface area contributed by atoms with E-state index in [1.54, 1.807) is 0 Å². The van der Waals surface area contributed by atoms with Crippen molar-refractivity contribution in [3.8, 4) is 0 Å². The number of aryl methyl sites for hydroxylation is 2. The van der Waals surface area contributed by atoms with Gasteiger partial charge in [-0.25, -0.2) is 9.97 Å². The standard InChI is InChI=1S/C17H24N4/c1-5-16-10-17(20-13(4)19-16)21(12(2)3)11-14-7-6-8-15(18)9-14/h6-10,12H,5,11,18H2,1-4H3. The molecule has 0 saturated carbocycles. The van der Waals surface area contributed by atoms with Crippen LogP contribution in [0, 0.1) is 6.92 Å². The van der Waals surface area contributed by atoms with Gasteiger partial charge in [0, 0.05) is 30.0 Å². The fourth-order valence-electron chi connectivity index (χ4n) is 2.36. The number of aromatic nitrogens is 2. The lowest BCUT2D eigenvalue weighted by Gasteiger charge is -2.28. The minimum Gasteiger partial charge on any atom is -0.399 e. The molecule has 4 heteroatoms. The molecule has 21 heavy (non-hydrogen) atoms. The van der Waals surface area contributed by atoms with E-state index in [0.29, 0.717) is 6.04 Å². The van der Waals surface area contributed by atoms with Gasteiger partial charge in [-0.05, 0) is 44.9 Å². The first-order chi connectivity index (χ1) is 9.99. The Morgan fingerprint density at radius 2 is 1.95 bits per heavy atom. The number of nitrogen functional groups attached to an aromatic ring is 1. The highest BCUT2D eigenvalue weighted by molar-refractivity contribution is 5.45. The van der Waals surface area contributed by atoms with E-state index in [-0.39, 0.29) is 0 Å². The van der Waals surface area contributed by atoms with Crippen molar-refractivity contribution < 1.29 is 0 Å². The highest BCUT2D eigenvalue weighted by atomic mass is 15.2. The first-order valence-corrected chi connectivity index (χ1v) is 7.45. The largest absolute Gasteiger partial charge is 0.399 e. The lowest BCUT2D eigenvalue weighted by atomic mass is 10.1. The third kappa shape index (κ3) is 3.94. The van der Waals surface area contributed by atoms with Gasteiger partial charge in [-0.2, -0.15) is 0 Å². The molecule has 0 atom stereocenters. The molecule has 2 aromatic rings. The van der Waals surface area contributed by atoms with E-state index in [2.05, 4.69) is 47.8 Å². The topological polar surface area (TPSA) is 55.0 Å². The molecule has 4 nitrogen and oxygen atoms in total. The summed E-state index contributed by atoms with van der Waals surface area (Å²) >= 11 is 0. The van der Waals surface area contributed by atoms with Gasteiger partial charge in [-0.15, -0.1) is 0 Å². The number of benzene rings is 1. The second kappa shape index (κ2) is 6.57. The Balaban J connectivity index is 2.33. The number of nitrogens with zero attached hydrogens (tertiary/aromatic N) is 3. The predicted octanol–water partition coefficient (Wildman–Crippen LogP) is 3.34. The summed E-state index contributed by atoms with van der Waals surface area (Å²) in [6.07, 6.45) is 0.917. The highest BCUT2D eigenvalue weighted by Crippen LogP contribution is 2.20. The molecule has 1 aromatic carbocycles. The van der Waals surface area contributed by atoms with E-state index in [1.807, 2.05) is 25.1 Å². The van der Waals surface area contributed by atoms with Crippen LogP contribution in [0.4, 0.5) is 11.5 Å². The molecule has 0 aliphatic heterocycles. The van der Waals surface area contributed by atoms with Gasteiger partial charge in [0.05, 0.1) is 0 Å². The molecule has 0 amide bonds. The number of hydrogen-bond acceptors (Lipinski definition) is 4. The van der Waals surface area contributed by atoms with E-state index in [0.717, 1.165) is 36.0 Å². The first kappa shape index (κ1) is 15.3. The van der Waals surface area contributed by atoms with Crippen LogP contribution in [0.15, 0.2) is 30.3 Å². The summed E-state index contributed by atoms with van der Waals surface area (Å²) in [7, 11) is 0. The first-order valence-electron chi connectivity index (χ1n) is 7.45. The summed E-state index contributed by atoms with van der Waals surface area (Å²) in [5.41, 5.74) is 8.94. The molecule has 0 bridgehead atoms. The summed E-state index contributed by atoms with van der Waals surface area (Å²) < 4.78 is 0. The normalized spacial score (nSPS) is 10.9. The fourth-order valence-corrected chi connectivity index (χ4v) is 2.36. The van der Waals surface area contributed by atoms with Crippen molar-refractivity contribution in [2.75, 3.05) is 10.6 Å². The Morgan fingerprint density at radius 3 is 2.57 bits per heavy atom. The lowest BCUT2D eigenvalue weighted by Crippen LogP contribution is -2.31. The van der Waals surface area contributed by atoms with Gasteiger partial charge in [0.2, 0.25) is 0 Å². The molecule has 0 unspecified atom stereocenters. The van der Waals surface area contributed by atoms with Crippen LogP contribution in [0.1, 0.15) is 37.9 Å². The Kier molecular flexibility index (Phi) is 4.78. The van der Waals surface area contributed by atoms with Crippen LogP contribution in [-0.4, -0.2) is 16.0 Å². The van der Waals surface area contributed by atoms with Crippen LogP contribution >= 0.6 is 0 Å². The van der Waals surface area contributed by atoms with Gasteiger partial charge in [0.15, 0.2) is 0 Å². The van der Waals surface area contributed by atoms with Crippen molar-refractivity contribution in [3.05, 3.63) is 47.4 Å². The molecular formula is C17H24N4. The fraction of sp³-hybridized carbons (Fsp3) is 0.412. The molecule has 0 spiro atoms. The smallest absolute Gasteiger partial charge is 0.133 e. The van der Waals surface area contributed by atoms with E-state index < -0.39 is 0 Å². The molecule has 2 N–H and O–H groups in total. The number of anilines is 2. The third-order valence-electron chi connectivity index (χ3n) is 3.46. The maximum absolute atomic E-state index is 5.87. The van der Waals surface area contributed by atoms with Gasteiger partial charge in [0.25, 0.3) is 0 Å². The molecular weight excluding hydrogens is 260 g/mol. The average molecular weight is 284 g/mol. The molecule has 112 valence electrons. The van der Waals surface area contributed by atoms with Crippen molar-refractivity contribution in [1.82, 2.24) is 9.97 Å². The van der Waals surface area contributed by atoms with Crippen LogP contribution in [0.2, 0.25) is 0 Å². The van der Waals surface area contributed by atoms with Crippen molar-refractivity contribution in [2.45, 2.75) is 46.7 Å². The molecule has 0 radical (unpaired) electrons. The van der Waals surface area contributed by atoms with Crippen molar-refractivity contribution >= 4 is 11.5 Å². The van der Waals surface area contributed by atoms with Gasteiger partial charge in [-0.1, -0.05) is 19.1 Å².